The van der Waals surface area contributed by atoms with E-state index >= 15 is 0 Å². The topological polar surface area (TPSA) is 47.7 Å². The molecule has 2 rings (SSSR count). The van der Waals surface area contributed by atoms with Crippen molar-refractivity contribution in [1.29, 1.82) is 0 Å². The van der Waals surface area contributed by atoms with Gasteiger partial charge in [0.05, 0.1) is 24.9 Å². The molecule has 0 aliphatic carbocycles. The highest BCUT2D eigenvalue weighted by Crippen LogP contribution is 2.39. The van der Waals surface area contributed by atoms with E-state index in [-0.39, 0.29) is 6.04 Å². The summed E-state index contributed by atoms with van der Waals surface area (Å²) >= 11 is 6.03. The SMILES string of the molecule is COc1cc(N2CC(N)C2)c(OC)cc1Cl. The first-order chi connectivity index (χ1) is 7.65. The minimum atomic E-state index is 0.242. The highest BCUT2D eigenvalue weighted by atomic mass is 35.5. The maximum atomic E-state index is 6.03. The fraction of sp³-hybridized carbons (Fsp3) is 0.455. The number of hydrogen-bond acceptors (Lipinski definition) is 4. The van der Waals surface area contributed by atoms with Gasteiger partial charge in [0.1, 0.15) is 11.5 Å². The lowest BCUT2D eigenvalue weighted by molar-refractivity contribution is 0.399. The first-order valence-corrected chi connectivity index (χ1v) is 5.45. The van der Waals surface area contributed by atoms with Crippen molar-refractivity contribution in [3.8, 4) is 11.5 Å². The van der Waals surface area contributed by atoms with Crippen LogP contribution in [-0.4, -0.2) is 33.4 Å². The van der Waals surface area contributed by atoms with Gasteiger partial charge in [0.25, 0.3) is 0 Å². The van der Waals surface area contributed by atoms with Gasteiger partial charge in [-0.05, 0) is 0 Å². The van der Waals surface area contributed by atoms with E-state index in [1.165, 1.54) is 0 Å². The molecule has 0 aromatic heterocycles. The van der Waals surface area contributed by atoms with Crippen molar-refractivity contribution >= 4 is 17.3 Å². The lowest BCUT2D eigenvalue weighted by atomic mass is 10.1. The lowest BCUT2D eigenvalue weighted by Crippen LogP contribution is -2.55. The van der Waals surface area contributed by atoms with Crippen LogP contribution in [0.2, 0.25) is 5.02 Å². The summed E-state index contributed by atoms with van der Waals surface area (Å²) in [5.74, 6) is 1.40. The molecule has 0 saturated carbocycles. The van der Waals surface area contributed by atoms with Crippen LogP contribution in [-0.2, 0) is 0 Å². The number of rotatable bonds is 3. The highest BCUT2D eigenvalue weighted by Gasteiger charge is 2.26. The molecule has 1 aromatic carbocycles. The summed E-state index contributed by atoms with van der Waals surface area (Å²) < 4.78 is 10.5. The van der Waals surface area contributed by atoms with Crippen LogP contribution >= 0.6 is 11.6 Å². The number of benzene rings is 1. The van der Waals surface area contributed by atoms with Crippen molar-refractivity contribution in [3.05, 3.63) is 17.2 Å². The number of ether oxygens (including phenoxy) is 2. The van der Waals surface area contributed by atoms with Gasteiger partial charge in [0.15, 0.2) is 0 Å². The van der Waals surface area contributed by atoms with Gasteiger partial charge < -0.3 is 20.1 Å². The molecule has 88 valence electrons. The zero-order valence-corrected chi connectivity index (χ0v) is 10.1. The molecule has 16 heavy (non-hydrogen) atoms. The van der Waals surface area contributed by atoms with E-state index in [1.807, 2.05) is 6.07 Å². The molecule has 1 saturated heterocycles. The van der Waals surface area contributed by atoms with Gasteiger partial charge in [0, 0.05) is 31.3 Å². The van der Waals surface area contributed by atoms with E-state index in [9.17, 15) is 0 Å². The van der Waals surface area contributed by atoms with E-state index in [4.69, 9.17) is 26.8 Å². The molecule has 4 nitrogen and oxygen atoms in total. The number of hydrogen-bond donors (Lipinski definition) is 1. The monoisotopic (exact) mass is 242 g/mol. The van der Waals surface area contributed by atoms with Crippen LogP contribution in [0.25, 0.3) is 0 Å². The summed E-state index contributed by atoms with van der Waals surface area (Å²) in [7, 11) is 3.22. The quantitative estimate of drug-likeness (QED) is 0.873. The van der Waals surface area contributed by atoms with Gasteiger partial charge in [-0.3, -0.25) is 0 Å². The first-order valence-electron chi connectivity index (χ1n) is 5.07. The molecule has 0 bridgehead atoms. The van der Waals surface area contributed by atoms with E-state index in [1.54, 1.807) is 20.3 Å². The van der Waals surface area contributed by atoms with Crippen LogP contribution < -0.4 is 20.1 Å². The molecular weight excluding hydrogens is 228 g/mol. The molecule has 1 aliphatic rings. The molecule has 5 heteroatoms. The van der Waals surface area contributed by atoms with Crippen molar-refractivity contribution in [1.82, 2.24) is 0 Å². The third-order valence-electron chi connectivity index (χ3n) is 2.70. The van der Waals surface area contributed by atoms with Gasteiger partial charge in [-0.15, -0.1) is 0 Å². The molecule has 1 heterocycles. The summed E-state index contributed by atoms with van der Waals surface area (Å²) in [6, 6.07) is 3.89. The highest BCUT2D eigenvalue weighted by molar-refractivity contribution is 6.32. The van der Waals surface area contributed by atoms with Crippen LogP contribution in [0.4, 0.5) is 5.69 Å². The Hall–Kier alpha value is -1.13. The maximum Gasteiger partial charge on any atom is 0.143 e. The lowest BCUT2D eigenvalue weighted by Gasteiger charge is -2.39. The smallest absolute Gasteiger partial charge is 0.143 e. The maximum absolute atomic E-state index is 6.03. The van der Waals surface area contributed by atoms with Crippen molar-refractivity contribution in [3.63, 3.8) is 0 Å². The summed E-state index contributed by atoms with van der Waals surface area (Å²) in [4.78, 5) is 2.14. The third-order valence-corrected chi connectivity index (χ3v) is 3.00. The second-order valence-electron chi connectivity index (χ2n) is 3.82. The Morgan fingerprint density at radius 3 is 2.38 bits per heavy atom. The Bertz CT molecular complexity index is 392. The number of methoxy groups -OCH3 is 2. The second kappa shape index (κ2) is 4.39. The fourth-order valence-electron chi connectivity index (χ4n) is 1.80. The zero-order valence-electron chi connectivity index (χ0n) is 9.37. The van der Waals surface area contributed by atoms with E-state index in [0.717, 1.165) is 24.5 Å². The summed E-state index contributed by atoms with van der Waals surface area (Å²) in [6.07, 6.45) is 0. The molecule has 1 aromatic rings. The van der Waals surface area contributed by atoms with Gasteiger partial charge in [-0.25, -0.2) is 0 Å². The predicted octanol–water partition coefficient (Wildman–Crippen LogP) is 1.50. The summed E-state index contributed by atoms with van der Waals surface area (Å²) in [6.45, 7) is 1.67. The number of nitrogens with zero attached hydrogens (tertiary/aromatic N) is 1. The Labute approximate surface area is 99.9 Å². The average molecular weight is 243 g/mol. The fourth-order valence-corrected chi connectivity index (χ4v) is 2.03. The first kappa shape index (κ1) is 11.4. The van der Waals surface area contributed by atoms with Crippen molar-refractivity contribution in [2.24, 2.45) is 5.73 Å². The van der Waals surface area contributed by atoms with Crippen LogP contribution in [0.5, 0.6) is 11.5 Å². The van der Waals surface area contributed by atoms with Crippen LogP contribution in [0.3, 0.4) is 0 Å². The predicted molar refractivity (Wildman–Crippen MR) is 64.7 cm³/mol. The standard InChI is InChI=1S/C11H15ClN2O2/c1-15-10-4-9(14-5-7(13)6-14)11(16-2)3-8(10)12/h3-4,7H,5-6,13H2,1-2H3. The van der Waals surface area contributed by atoms with Crippen molar-refractivity contribution < 1.29 is 9.47 Å². The van der Waals surface area contributed by atoms with Crippen molar-refractivity contribution in [2.75, 3.05) is 32.2 Å². The molecule has 0 atom stereocenters. The van der Waals surface area contributed by atoms with Gasteiger partial charge in [0.2, 0.25) is 0 Å². The normalized spacial score (nSPS) is 15.9. The van der Waals surface area contributed by atoms with Crippen LogP contribution in [0, 0.1) is 0 Å². The largest absolute Gasteiger partial charge is 0.495 e. The summed E-state index contributed by atoms with van der Waals surface area (Å²) in [5, 5.41) is 0.549. The number of anilines is 1. The molecule has 1 fully saturated rings. The Morgan fingerprint density at radius 1 is 1.25 bits per heavy atom. The van der Waals surface area contributed by atoms with Gasteiger partial charge >= 0.3 is 0 Å². The molecular formula is C11H15ClN2O2. The van der Waals surface area contributed by atoms with Crippen molar-refractivity contribution in [2.45, 2.75) is 6.04 Å². The molecule has 0 unspecified atom stereocenters. The summed E-state index contributed by atoms with van der Waals surface area (Å²) in [5.41, 5.74) is 6.74. The number of nitrogens with two attached hydrogens (primary N) is 1. The van der Waals surface area contributed by atoms with Gasteiger partial charge in [-0.2, -0.15) is 0 Å². The third kappa shape index (κ3) is 1.90. The Kier molecular flexibility index (Phi) is 3.12. The molecule has 0 radical (unpaired) electrons. The minimum Gasteiger partial charge on any atom is -0.495 e. The Morgan fingerprint density at radius 2 is 1.88 bits per heavy atom. The van der Waals surface area contributed by atoms with Crippen LogP contribution in [0.1, 0.15) is 0 Å². The second-order valence-corrected chi connectivity index (χ2v) is 4.23. The number of halogens is 1. The van der Waals surface area contributed by atoms with Crippen LogP contribution in [0.15, 0.2) is 12.1 Å². The van der Waals surface area contributed by atoms with E-state index in [0.29, 0.717) is 10.8 Å². The van der Waals surface area contributed by atoms with Gasteiger partial charge in [-0.1, -0.05) is 11.6 Å². The molecule has 0 amide bonds. The average Bonchev–Trinajstić information content (AvgIpc) is 2.24. The molecule has 2 N–H and O–H groups in total. The van der Waals surface area contributed by atoms with E-state index < -0.39 is 0 Å². The molecule has 1 aliphatic heterocycles. The molecule has 0 spiro atoms. The minimum absolute atomic E-state index is 0.242. The van der Waals surface area contributed by atoms with E-state index in [2.05, 4.69) is 4.90 Å². The Balaban J connectivity index is 2.34. The zero-order chi connectivity index (χ0) is 11.7.